The van der Waals surface area contributed by atoms with Crippen LogP contribution in [-0.4, -0.2) is 85.4 Å². The van der Waals surface area contributed by atoms with Gasteiger partial charge in [-0.05, 0) is 55.2 Å². The molecule has 8 nitrogen and oxygen atoms in total. The lowest BCUT2D eigenvalue weighted by Gasteiger charge is -2.34. The highest BCUT2D eigenvalue weighted by molar-refractivity contribution is 6.03. The van der Waals surface area contributed by atoms with Crippen molar-refractivity contribution in [2.24, 2.45) is 11.0 Å². The van der Waals surface area contributed by atoms with Crippen molar-refractivity contribution in [1.82, 2.24) is 14.8 Å². The Kier molecular flexibility index (Phi) is 8.39. The highest BCUT2D eigenvalue weighted by Crippen LogP contribution is 2.34. The SMILES string of the molecule is COc1ccc(C2=NN(C(=O)CN(CCN3CCOCC3)C(=O)C3CCC3)C(c3ccc(C)cc3)C2)cc1. The van der Waals surface area contributed by atoms with Gasteiger partial charge >= 0.3 is 0 Å². The quantitative estimate of drug-likeness (QED) is 0.507. The first-order valence-electron chi connectivity index (χ1n) is 13.7. The van der Waals surface area contributed by atoms with Crippen molar-refractivity contribution >= 4 is 17.5 Å². The molecule has 3 aliphatic rings. The Morgan fingerprint density at radius 2 is 1.76 bits per heavy atom. The lowest BCUT2D eigenvalue weighted by Crippen LogP contribution is -2.49. The fourth-order valence-corrected chi connectivity index (χ4v) is 5.25. The maximum atomic E-state index is 13.8. The van der Waals surface area contributed by atoms with Gasteiger partial charge in [0, 0.05) is 38.5 Å². The first kappa shape index (κ1) is 26.4. The zero-order chi connectivity index (χ0) is 26.5. The van der Waals surface area contributed by atoms with Crippen molar-refractivity contribution in [2.45, 2.75) is 38.6 Å². The van der Waals surface area contributed by atoms with E-state index in [1.54, 1.807) is 17.0 Å². The number of hydrogen-bond donors (Lipinski definition) is 0. The summed E-state index contributed by atoms with van der Waals surface area (Å²) in [6, 6.07) is 15.8. The summed E-state index contributed by atoms with van der Waals surface area (Å²) in [5.41, 5.74) is 4.03. The molecule has 1 aliphatic carbocycles. The van der Waals surface area contributed by atoms with E-state index in [1.165, 1.54) is 5.56 Å². The number of hydrogen-bond acceptors (Lipinski definition) is 6. The summed E-state index contributed by atoms with van der Waals surface area (Å²) in [5, 5.41) is 6.44. The van der Waals surface area contributed by atoms with Crippen molar-refractivity contribution in [2.75, 3.05) is 53.0 Å². The number of methoxy groups -OCH3 is 1. The van der Waals surface area contributed by atoms with Gasteiger partial charge in [0.05, 0.1) is 32.1 Å². The van der Waals surface area contributed by atoms with Crippen LogP contribution in [-0.2, 0) is 14.3 Å². The van der Waals surface area contributed by atoms with E-state index in [-0.39, 0.29) is 30.3 Å². The summed E-state index contributed by atoms with van der Waals surface area (Å²) in [7, 11) is 1.64. The van der Waals surface area contributed by atoms with Crippen LogP contribution in [0.25, 0.3) is 0 Å². The summed E-state index contributed by atoms with van der Waals surface area (Å²) >= 11 is 0. The second kappa shape index (κ2) is 12.1. The number of ether oxygens (including phenoxy) is 2. The summed E-state index contributed by atoms with van der Waals surface area (Å²) in [6.07, 6.45) is 3.53. The number of carbonyl (C=O) groups excluding carboxylic acids is 2. The van der Waals surface area contributed by atoms with Gasteiger partial charge in [0.25, 0.3) is 5.91 Å². The second-order valence-electron chi connectivity index (χ2n) is 10.5. The van der Waals surface area contributed by atoms with Crippen LogP contribution in [0.1, 0.15) is 48.4 Å². The number of aryl methyl sites for hydroxylation is 1. The van der Waals surface area contributed by atoms with E-state index in [0.29, 0.717) is 26.2 Å². The van der Waals surface area contributed by atoms with E-state index in [4.69, 9.17) is 14.6 Å². The minimum atomic E-state index is -0.208. The first-order valence-corrected chi connectivity index (χ1v) is 13.7. The molecule has 202 valence electrons. The summed E-state index contributed by atoms with van der Waals surface area (Å²) < 4.78 is 10.8. The molecule has 2 aromatic carbocycles. The molecule has 5 rings (SSSR count). The molecule has 0 radical (unpaired) electrons. The largest absolute Gasteiger partial charge is 0.497 e. The van der Waals surface area contributed by atoms with Crippen molar-refractivity contribution in [3.8, 4) is 5.75 Å². The highest BCUT2D eigenvalue weighted by atomic mass is 16.5. The normalized spacial score (nSPS) is 20.1. The average molecular weight is 519 g/mol. The zero-order valence-electron chi connectivity index (χ0n) is 22.5. The molecule has 1 atom stereocenters. The van der Waals surface area contributed by atoms with E-state index in [0.717, 1.165) is 61.5 Å². The molecule has 2 aliphatic heterocycles. The molecule has 2 aromatic rings. The van der Waals surface area contributed by atoms with Crippen LogP contribution in [0, 0.1) is 12.8 Å². The standard InChI is InChI=1S/C30H38N4O4/c1-22-6-8-24(9-7-22)28-20-27(23-10-12-26(37-2)13-11-23)31-34(28)29(35)21-33(30(36)25-4-3-5-25)15-14-32-16-18-38-19-17-32/h6-13,25,28H,3-5,14-21H2,1-2H3. The van der Waals surface area contributed by atoms with Crippen molar-refractivity contribution in [3.05, 3.63) is 65.2 Å². The smallest absolute Gasteiger partial charge is 0.262 e. The molecule has 38 heavy (non-hydrogen) atoms. The number of rotatable bonds is 9. The summed E-state index contributed by atoms with van der Waals surface area (Å²) in [4.78, 5) is 31.3. The van der Waals surface area contributed by atoms with Crippen LogP contribution in [0.5, 0.6) is 5.75 Å². The van der Waals surface area contributed by atoms with Gasteiger partial charge in [-0.2, -0.15) is 5.10 Å². The number of morpholine rings is 1. The predicted molar refractivity (Wildman–Crippen MR) is 146 cm³/mol. The van der Waals surface area contributed by atoms with Crippen LogP contribution in [0.3, 0.4) is 0 Å². The van der Waals surface area contributed by atoms with Crippen LogP contribution in [0.4, 0.5) is 0 Å². The zero-order valence-corrected chi connectivity index (χ0v) is 22.5. The van der Waals surface area contributed by atoms with Crippen molar-refractivity contribution in [1.29, 1.82) is 0 Å². The van der Waals surface area contributed by atoms with Gasteiger partial charge in [0.15, 0.2) is 0 Å². The Balaban J connectivity index is 1.36. The number of amides is 2. The fourth-order valence-electron chi connectivity index (χ4n) is 5.25. The fraction of sp³-hybridized carbons (Fsp3) is 0.500. The van der Waals surface area contributed by atoms with Crippen LogP contribution >= 0.6 is 0 Å². The predicted octanol–water partition coefficient (Wildman–Crippen LogP) is 3.64. The highest BCUT2D eigenvalue weighted by Gasteiger charge is 2.36. The van der Waals surface area contributed by atoms with Crippen LogP contribution < -0.4 is 4.74 Å². The van der Waals surface area contributed by atoms with Gasteiger partial charge in [-0.3, -0.25) is 14.5 Å². The number of nitrogens with zero attached hydrogens (tertiary/aromatic N) is 4. The summed E-state index contributed by atoms with van der Waals surface area (Å²) in [5.74, 6) is 0.773. The van der Waals surface area contributed by atoms with Crippen molar-refractivity contribution in [3.63, 3.8) is 0 Å². The lowest BCUT2D eigenvalue weighted by molar-refractivity contribution is -0.145. The Hall–Kier alpha value is -3.23. The molecule has 1 saturated heterocycles. The molecule has 0 N–H and O–H groups in total. The summed E-state index contributed by atoms with van der Waals surface area (Å²) in [6.45, 7) is 6.53. The van der Waals surface area contributed by atoms with Crippen LogP contribution in [0.15, 0.2) is 53.6 Å². The maximum absolute atomic E-state index is 13.8. The van der Waals surface area contributed by atoms with Gasteiger partial charge < -0.3 is 14.4 Å². The average Bonchev–Trinajstić information content (AvgIpc) is 3.36. The lowest BCUT2D eigenvalue weighted by atomic mass is 9.84. The minimum absolute atomic E-state index is 0.0392. The molecule has 1 saturated carbocycles. The topological polar surface area (TPSA) is 74.7 Å². The molecule has 1 unspecified atom stereocenters. The first-order chi connectivity index (χ1) is 18.5. The number of hydrazone groups is 1. The van der Waals surface area contributed by atoms with Gasteiger partial charge in [0.2, 0.25) is 5.91 Å². The van der Waals surface area contributed by atoms with Crippen molar-refractivity contribution < 1.29 is 19.1 Å². The third-order valence-corrected chi connectivity index (χ3v) is 7.93. The Morgan fingerprint density at radius 1 is 1.05 bits per heavy atom. The molecule has 0 aromatic heterocycles. The molecular formula is C30H38N4O4. The minimum Gasteiger partial charge on any atom is -0.497 e. The van der Waals surface area contributed by atoms with Gasteiger partial charge in [-0.1, -0.05) is 36.2 Å². The molecule has 0 spiro atoms. The van der Waals surface area contributed by atoms with Gasteiger partial charge in [0.1, 0.15) is 12.3 Å². The maximum Gasteiger partial charge on any atom is 0.262 e. The molecular weight excluding hydrogens is 480 g/mol. The number of carbonyl (C=O) groups is 2. The van der Waals surface area contributed by atoms with E-state index in [2.05, 4.69) is 36.1 Å². The third-order valence-electron chi connectivity index (χ3n) is 7.93. The van der Waals surface area contributed by atoms with E-state index < -0.39 is 0 Å². The Morgan fingerprint density at radius 3 is 2.39 bits per heavy atom. The number of benzene rings is 2. The monoisotopic (exact) mass is 518 g/mol. The van der Waals surface area contributed by atoms with Gasteiger partial charge in [-0.25, -0.2) is 5.01 Å². The molecule has 2 heterocycles. The molecule has 8 heteroatoms. The third kappa shape index (κ3) is 6.08. The Labute approximate surface area is 225 Å². The van der Waals surface area contributed by atoms with E-state index >= 15 is 0 Å². The van der Waals surface area contributed by atoms with E-state index in [1.807, 2.05) is 24.3 Å². The van der Waals surface area contributed by atoms with Crippen LogP contribution in [0.2, 0.25) is 0 Å². The molecule has 2 amide bonds. The second-order valence-corrected chi connectivity index (χ2v) is 10.5. The molecule has 0 bridgehead atoms. The van der Waals surface area contributed by atoms with Gasteiger partial charge in [-0.15, -0.1) is 0 Å². The molecule has 2 fully saturated rings. The van der Waals surface area contributed by atoms with E-state index in [9.17, 15) is 9.59 Å². The Bertz CT molecular complexity index is 1140.